The number of piperidine rings is 1. The van der Waals surface area contributed by atoms with Crippen LogP contribution in [0.15, 0.2) is 12.7 Å². The average Bonchev–Trinajstić information content (AvgIpc) is 2.25. The Bertz CT molecular complexity index is 222. The summed E-state index contributed by atoms with van der Waals surface area (Å²) in [5.74, 6) is 0. The van der Waals surface area contributed by atoms with Gasteiger partial charge in [-0.25, -0.2) is 4.79 Å². The lowest BCUT2D eigenvalue weighted by Gasteiger charge is -2.34. The second-order valence-corrected chi connectivity index (χ2v) is 4.44. The minimum atomic E-state index is -0.110. The van der Waals surface area contributed by atoms with Gasteiger partial charge in [0.15, 0.2) is 0 Å². The highest BCUT2D eigenvalue weighted by molar-refractivity contribution is 5.73. The van der Waals surface area contributed by atoms with E-state index in [1.54, 1.807) is 6.08 Å². The molecular formula is C11H21N3O. The fourth-order valence-electron chi connectivity index (χ4n) is 1.79. The summed E-state index contributed by atoms with van der Waals surface area (Å²) in [5.41, 5.74) is 0.198. The zero-order valence-electron chi connectivity index (χ0n) is 9.44. The van der Waals surface area contributed by atoms with E-state index in [9.17, 15) is 4.79 Å². The average molecular weight is 211 g/mol. The van der Waals surface area contributed by atoms with Crippen molar-refractivity contribution < 1.29 is 4.79 Å². The van der Waals surface area contributed by atoms with Gasteiger partial charge in [0.1, 0.15) is 0 Å². The molecule has 15 heavy (non-hydrogen) atoms. The number of rotatable bonds is 4. The van der Waals surface area contributed by atoms with Crippen LogP contribution in [0.5, 0.6) is 0 Å². The Kier molecular flexibility index (Phi) is 4.62. The third kappa shape index (κ3) is 4.34. The van der Waals surface area contributed by atoms with Crippen molar-refractivity contribution in [2.75, 3.05) is 26.2 Å². The number of hydrogen-bond acceptors (Lipinski definition) is 2. The quantitative estimate of drug-likeness (QED) is 0.604. The van der Waals surface area contributed by atoms with Crippen molar-refractivity contribution in [1.82, 2.24) is 16.0 Å². The van der Waals surface area contributed by atoms with E-state index in [0.29, 0.717) is 6.54 Å². The molecule has 4 nitrogen and oxygen atoms in total. The maximum absolute atomic E-state index is 11.3. The van der Waals surface area contributed by atoms with Gasteiger partial charge in [0.25, 0.3) is 0 Å². The molecule has 86 valence electrons. The standard InChI is InChI=1S/C11H21N3O/c1-3-6-13-10(15)14-9-11(2)5-4-7-12-8-11/h3,12H,1,4-9H2,2H3,(H2,13,14,15). The highest BCUT2D eigenvalue weighted by Crippen LogP contribution is 2.23. The van der Waals surface area contributed by atoms with E-state index in [-0.39, 0.29) is 11.4 Å². The molecule has 0 aliphatic carbocycles. The highest BCUT2D eigenvalue weighted by atomic mass is 16.2. The molecule has 1 fully saturated rings. The maximum Gasteiger partial charge on any atom is 0.315 e. The molecule has 1 atom stereocenters. The predicted octanol–water partition coefficient (Wildman–Crippen LogP) is 0.861. The fraction of sp³-hybridized carbons (Fsp3) is 0.727. The second-order valence-electron chi connectivity index (χ2n) is 4.44. The second kappa shape index (κ2) is 5.75. The summed E-state index contributed by atoms with van der Waals surface area (Å²) in [6.07, 6.45) is 4.03. The van der Waals surface area contributed by atoms with Gasteiger partial charge < -0.3 is 16.0 Å². The molecule has 0 bridgehead atoms. The van der Waals surface area contributed by atoms with Crippen LogP contribution in [0.4, 0.5) is 4.79 Å². The van der Waals surface area contributed by atoms with Gasteiger partial charge in [0, 0.05) is 19.6 Å². The molecule has 0 saturated carbocycles. The van der Waals surface area contributed by atoms with E-state index in [1.807, 2.05) is 0 Å². The third-order valence-corrected chi connectivity index (χ3v) is 2.77. The number of nitrogens with one attached hydrogen (secondary N) is 3. The van der Waals surface area contributed by atoms with Crippen LogP contribution in [0.3, 0.4) is 0 Å². The Hall–Kier alpha value is -1.03. The zero-order chi connectivity index (χ0) is 11.1. The van der Waals surface area contributed by atoms with Gasteiger partial charge in [0.2, 0.25) is 0 Å². The summed E-state index contributed by atoms with van der Waals surface area (Å²) in [5, 5.41) is 8.94. The number of urea groups is 1. The van der Waals surface area contributed by atoms with Crippen molar-refractivity contribution in [3.05, 3.63) is 12.7 Å². The molecule has 0 spiro atoms. The van der Waals surface area contributed by atoms with Crippen molar-refractivity contribution in [2.24, 2.45) is 5.41 Å². The first-order valence-corrected chi connectivity index (χ1v) is 5.50. The van der Waals surface area contributed by atoms with Crippen LogP contribution in [-0.2, 0) is 0 Å². The van der Waals surface area contributed by atoms with E-state index < -0.39 is 0 Å². The van der Waals surface area contributed by atoms with Crippen LogP contribution < -0.4 is 16.0 Å². The summed E-state index contributed by atoms with van der Waals surface area (Å²) in [7, 11) is 0. The van der Waals surface area contributed by atoms with Gasteiger partial charge in [-0.05, 0) is 24.8 Å². The Morgan fingerprint density at radius 3 is 3.00 bits per heavy atom. The smallest absolute Gasteiger partial charge is 0.315 e. The minimum Gasteiger partial charge on any atom is -0.338 e. The van der Waals surface area contributed by atoms with Crippen molar-refractivity contribution in [1.29, 1.82) is 0 Å². The van der Waals surface area contributed by atoms with Gasteiger partial charge in [-0.1, -0.05) is 13.0 Å². The molecule has 0 radical (unpaired) electrons. The van der Waals surface area contributed by atoms with Gasteiger partial charge in [-0.15, -0.1) is 6.58 Å². The van der Waals surface area contributed by atoms with E-state index >= 15 is 0 Å². The first-order valence-electron chi connectivity index (χ1n) is 5.50. The van der Waals surface area contributed by atoms with Crippen molar-refractivity contribution >= 4 is 6.03 Å². The van der Waals surface area contributed by atoms with E-state index in [1.165, 1.54) is 12.8 Å². The first kappa shape index (κ1) is 12.0. The maximum atomic E-state index is 11.3. The molecule has 1 aliphatic rings. The molecule has 1 aliphatic heterocycles. The summed E-state index contributed by atoms with van der Waals surface area (Å²) < 4.78 is 0. The van der Waals surface area contributed by atoms with E-state index in [0.717, 1.165) is 19.6 Å². The third-order valence-electron chi connectivity index (χ3n) is 2.77. The highest BCUT2D eigenvalue weighted by Gasteiger charge is 2.26. The Balaban J connectivity index is 2.22. The Morgan fingerprint density at radius 1 is 1.60 bits per heavy atom. The van der Waals surface area contributed by atoms with E-state index in [2.05, 4.69) is 29.5 Å². The normalized spacial score (nSPS) is 25.7. The molecule has 0 aromatic rings. The molecule has 4 heteroatoms. The number of hydrogen-bond donors (Lipinski definition) is 3. The summed E-state index contributed by atoms with van der Waals surface area (Å²) in [6, 6.07) is -0.110. The van der Waals surface area contributed by atoms with Crippen LogP contribution in [0.1, 0.15) is 19.8 Å². The van der Waals surface area contributed by atoms with Crippen LogP contribution in [-0.4, -0.2) is 32.2 Å². The molecule has 1 saturated heterocycles. The fourth-order valence-corrected chi connectivity index (χ4v) is 1.79. The number of amides is 2. The largest absolute Gasteiger partial charge is 0.338 e. The molecule has 2 amide bonds. The molecule has 3 N–H and O–H groups in total. The summed E-state index contributed by atoms with van der Waals surface area (Å²) in [4.78, 5) is 11.3. The van der Waals surface area contributed by atoms with Gasteiger partial charge in [-0.2, -0.15) is 0 Å². The van der Waals surface area contributed by atoms with E-state index in [4.69, 9.17) is 0 Å². The lowest BCUT2D eigenvalue weighted by atomic mass is 9.83. The summed E-state index contributed by atoms with van der Waals surface area (Å²) in [6.45, 7) is 9.06. The SMILES string of the molecule is C=CCNC(=O)NCC1(C)CCCNC1. The first-order chi connectivity index (χ1) is 7.16. The number of carbonyl (C=O) groups excluding carboxylic acids is 1. The molecule has 0 aromatic heterocycles. The Morgan fingerprint density at radius 2 is 2.40 bits per heavy atom. The molecule has 1 unspecified atom stereocenters. The summed E-state index contributed by atoms with van der Waals surface area (Å²) >= 11 is 0. The van der Waals surface area contributed by atoms with Crippen molar-refractivity contribution in [2.45, 2.75) is 19.8 Å². The molecular weight excluding hydrogens is 190 g/mol. The van der Waals surface area contributed by atoms with Crippen LogP contribution >= 0.6 is 0 Å². The van der Waals surface area contributed by atoms with Crippen molar-refractivity contribution in [3.63, 3.8) is 0 Å². The monoisotopic (exact) mass is 211 g/mol. The lowest BCUT2D eigenvalue weighted by Crippen LogP contribution is -2.47. The van der Waals surface area contributed by atoms with Crippen LogP contribution in [0.2, 0.25) is 0 Å². The van der Waals surface area contributed by atoms with Gasteiger partial charge >= 0.3 is 6.03 Å². The lowest BCUT2D eigenvalue weighted by molar-refractivity contribution is 0.211. The van der Waals surface area contributed by atoms with Crippen LogP contribution in [0, 0.1) is 5.41 Å². The van der Waals surface area contributed by atoms with Crippen LogP contribution in [0.25, 0.3) is 0 Å². The Labute approximate surface area is 91.5 Å². The zero-order valence-corrected chi connectivity index (χ0v) is 9.44. The molecule has 0 aromatic carbocycles. The molecule has 1 rings (SSSR count). The number of carbonyl (C=O) groups is 1. The van der Waals surface area contributed by atoms with Gasteiger partial charge in [0.05, 0.1) is 0 Å². The van der Waals surface area contributed by atoms with Crippen molar-refractivity contribution in [3.8, 4) is 0 Å². The minimum absolute atomic E-state index is 0.110. The molecule has 1 heterocycles. The predicted molar refractivity (Wildman–Crippen MR) is 61.8 cm³/mol. The van der Waals surface area contributed by atoms with Gasteiger partial charge in [-0.3, -0.25) is 0 Å². The topological polar surface area (TPSA) is 53.2 Å².